The molecule has 1 aromatic rings. The number of aromatic nitrogens is 1. The highest BCUT2D eigenvalue weighted by atomic mass is 16.4. The summed E-state index contributed by atoms with van der Waals surface area (Å²) in [5.41, 5.74) is 0.815. The van der Waals surface area contributed by atoms with Gasteiger partial charge in [0.15, 0.2) is 0 Å². The van der Waals surface area contributed by atoms with Crippen molar-refractivity contribution >= 4 is 12.0 Å². The molecule has 20 heavy (non-hydrogen) atoms. The van der Waals surface area contributed by atoms with Crippen molar-refractivity contribution in [2.24, 2.45) is 5.92 Å². The Balaban J connectivity index is 1.94. The third kappa shape index (κ3) is 3.46. The van der Waals surface area contributed by atoms with E-state index in [4.69, 9.17) is 5.11 Å². The summed E-state index contributed by atoms with van der Waals surface area (Å²) in [5, 5.41) is 9.05. The molecule has 0 aliphatic carbocycles. The summed E-state index contributed by atoms with van der Waals surface area (Å²) < 4.78 is 0. The number of urea groups is 1. The zero-order chi connectivity index (χ0) is 14.5. The fourth-order valence-corrected chi connectivity index (χ4v) is 2.40. The lowest BCUT2D eigenvalue weighted by Crippen LogP contribution is -2.47. The molecule has 1 saturated heterocycles. The first-order valence-corrected chi connectivity index (χ1v) is 6.70. The number of carbonyl (C=O) groups is 2. The smallest absolute Gasteiger partial charge is 0.320 e. The van der Waals surface area contributed by atoms with E-state index in [0.717, 1.165) is 12.1 Å². The van der Waals surface area contributed by atoms with Gasteiger partial charge in [-0.2, -0.15) is 0 Å². The van der Waals surface area contributed by atoms with Crippen molar-refractivity contribution in [2.75, 3.05) is 20.1 Å². The summed E-state index contributed by atoms with van der Waals surface area (Å²) in [6.45, 7) is 1.34. The van der Waals surface area contributed by atoms with Crippen LogP contribution in [0.1, 0.15) is 18.5 Å². The van der Waals surface area contributed by atoms with E-state index < -0.39 is 11.9 Å². The van der Waals surface area contributed by atoms with Gasteiger partial charge < -0.3 is 14.9 Å². The number of pyridine rings is 1. The molecule has 1 fully saturated rings. The van der Waals surface area contributed by atoms with Crippen molar-refractivity contribution in [3.63, 3.8) is 0 Å². The maximum absolute atomic E-state index is 12.3. The summed E-state index contributed by atoms with van der Waals surface area (Å²) in [5.74, 6) is -1.27. The first-order valence-electron chi connectivity index (χ1n) is 6.70. The van der Waals surface area contributed by atoms with Crippen LogP contribution in [0.3, 0.4) is 0 Å². The van der Waals surface area contributed by atoms with Gasteiger partial charge in [-0.25, -0.2) is 4.79 Å². The van der Waals surface area contributed by atoms with Gasteiger partial charge in [-0.05, 0) is 25.0 Å². The number of nitrogens with zero attached hydrogens (tertiary/aromatic N) is 3. The van der Waals surface area contributed by atoms with Gasteiger partial charge >= 0.3 is 12.0 Å². The van der Waals surface area contributed by atoms with Crippen LogP contribution in [0.4, 0.5) is 4.79 Å². The Bertz CT molecular complexity index is 478. The highest BCUT2D eigenvalue weighted by Gasteiger charge is 2.29. The Hall–Kier alpha value is -2.11. The van der Waals surface area contributed by atoms with Crippen LogP contribution in [0.25, 0.3) is 0 Å². The van der Waals surface area contributed by atoms with Crippen molar-refractivity contribution in [1.82, 2.24) is 14.8 Å². The van der Waals surface area contributed by atoms with Crippen LogP contribution in [-0.2, 0) is 11.3 Å². The predicted octanol–water partition coefficient (Wildman–Crippen LogP) is 1.43. The summed E-state index contributed by atoms with van der Waals surface area (Å²) >= 11 is 0. The SMILES string of the molecule is CN(Cc1ccccn1)C(=O)N1CCC[C@@H](C(=O)O)C1. The third-order valence-electron chi connectivity index (χ3n) is 3.49. The average Bonchev–Trinajstić information content (AvgIpc) is 2.47. The fourth-order valence-electron chi connectivity index (χ4n) is 2.40. The van der Waals surface area contributed by atoms with E-state index in [-0.39, 0.29) is 6.03 Å². The molecule has 0 aromatic carbocycles. The quantitative estimate of drug-likeness (QED) is 0.907. The number of carbonyl (C=O) groups excluding carboxylic acids is 1. The van der Waals surface area contributed by atoms with Gasteiger partial charge in [0.25, 0.3) is 0 Å². The second-order valence-corrected chi connectivity index (χ2v) is 5.08. The van der Waals surface area contributed by atoms with E-state index >= 15 is 0 Å². The van der Waals surface area contributed by atoms with Crippen LogP contribution >= 0.6 is 0 Å². The zero-order valence-electron chi connectivity index (χ0n) is 11.5. The second kappa shape index (κ2) is 6.36. The molecule has 0 spiro atoms. The van der Waals surface area contributed by atoms with E-state index in [9.17, 15) is 9.59 Å². The molecule has 6 heteroatoms. The third-order valence-corrected chi connectivity index (χ3v) is 3.49. The van der Waals surface area contributed by atoms with E-state index in [1.807, 2.05) is 18.2 Å². The van der Waals surface area contributed by atoms with Gasteiger partial charge in [-0.1, -0.05) is 6.07 Å². The Morgan fingerprint density at radius 1 is 1.50 bits per heavy atom. The van der Waals surface area contributed by atoms with Gasteiger partial charge in [0.05, 0.1) is 18.2 Å². The molecular weight excluding hydrogens is 258 g/mol. The van der Waals surface area contributed by atoms with Crippen LogP contribution in [0.5, 0.6) is 0 Å². The Labute approximate surface area is 118 Å². The number of aliphatic carboxylic acids is 1. The maximum Gasteiger partial charge on any atom is 0.320 e. The number of carboxylic acid groups (broad SMARTS) is 1. The molecular formula is C14H19N3O3. The number of hydrogen-bond donors (Lipinski definition) is 1. The molecule has 1 atom stereocenters. The number of carboxylic acids is 1. The molecule has 0 bridgehead atoms. The standard InChI is InChI=1S/C14H19N3O3/c1-16(10-12-6-2-3-7-15-12)14(20)17-8-4-5-11(9-17)13(18)19/h2-3,6-7,11H,4-5,8-10H2,1H3,(H,18,19)/t11-/m1/s1. The molecule has 0 saturated carbocycles. The number of likely N-dealkylation sites (tertiary alicyclic amines) is 1. The molecule has 0 radical (unpaired) electrons. The van der Waals surface area contributed by atoms with Crippen molar-refractivity contribution in [2.45, 2.75) is 19.4 Å². The van der Waals surface area contributed by atoms with Crippen LogP contribution in [-0.4, -0.2) is 52.0 Å². The van der Waals surface area contributed by atoms with E-state index in [1.165, 1.54) is 0 Å². The van der Waals surface area contributed by atoms with E-state index in [0.29, 0.717) is 26.1 Å². The topological polar surface area (TPSA) is 73.7 Å². The lowest BCUT2D eigenvalue weighted by Gasteiger charge is -2.33. The summed E-state index contributed by atoms with van der Waals surface area (Å²) in [6.07, 6.45) is 3.07. The number of piperidine rings is 1. The maximum atomic E-state index is 12.3. The molecule has 1 aliphatic heterocycles. The molecule has 0 unspecified atom stereocenters. The van der Waals surface area contributed by atoms with E-state index in [1.54, 1.807) is 23.0 Å². The van der Waals surface area contributed by atoms with Crippen molar-refractivity contribution in [1.29, 1.82) is 0 Å². The van der Waals surface area contributed by atoms with Crippen LogP contribution in [0.15, 0.2) is 24.4 Å². The first kappa shape index (κ1) is 14.3. The minimum atomic E-state index is -0.824. The van der Waals surface area contributed by atoms with Crippen LogP contribution in [0.2, 0.25) is 0 Å². The van der Waals surface area contributed by atoms with E-state index in [2.05, 4.69) is 4.98 Å². The number of amides is 2. The second-order valence-electron chi connectivity index (χ2n) is 5.08. The van der Waals surface area contributed by atoms with Gasteiger partial charge in [0.1, 0.15) is 0 Å². The minimum absolute atomic E-state index is 0.137. The zero-order valence-corrected chi connectivity index (χ0v) is 11.5. The molecule has 1 aromatic heterocycles. The van der Waals surface area contributed by atoms with Gasteiger partial charge in [0, 0.05) is 26.3 Å². The average molecular weight is 277 g/mol. The van der Waals surface area contributed by atoms with Crippen molar-refractivity contribution in [3.8, 4) is 0 Å². The molecule has 2 heterocycles. The van der Waals surface area contributed by atoms with Gasteiger partial charge in [-0.15, -0.1) is 0 Å². The molecule has 2 rings (SSSR count). The van der Waals surface area contributed by atoms with Gasteiger partial charge in [-0.3, -0.25) is 9.78 Å². The Morgan fingerprint density at radius 2 is 2.30 bits per heavy atom. The number of hydrogen-bond acceptors (Lipinski definition) is 3. The molecule has 1 aliphatic rings. The lowest BCUT2D eigenvalue weighted by atomic mass is 9.99. The highest BCUT2D eigenvalue weighted by Crippen LogP contribution is 2.18. The minimum Gasteiger partial charge on any atom is -0.481 e. The van der Waals surface area contributed by atoms with Crippen LogP contribution < -0.4 is 0 Å². The normalized spacial score (nSPS) is 18.6. The molecule has 108 valence electrons. The molecule has 2 amide bonds. The fraction of sp³-hybridized carbons (Fsp3) is 0.500. The first-order chi connectivity index (χ1) is 9.58. The summed E-state index contributed by atoms with van der Waals surface area (Å²) in [4.78, 5) is 30.7. The molecule has 6 nitrogen and oxygen atoms in total. The van der Waals surface area contributed by atoms with Crippen molar-refractivity contribution < 1.29 is 14.7 Å². The Kier molecular flexibility index (Phi) is 4.55. The number of rotatable bonds is 3. The summed E-state index contributed by atoms with van der Waals surface area (Å²) in [6, 6.07) is 5.43. The lowest BCUT2D eigenvalue weighted by molar-refractivity contribution is -0.143. The highest BCUT2D eigenvalue weighted by molar-refractivity contribution is 5.76. The largest absolute Gasteiger partial charge is 0.481 e. The predicted molar refractivity (Wildman–Crippen MR) is 73.0 cm³/mol. The van der Waals surface area contributed by atoms with Gasteiger partial charge in [0.2, 0.25) is 0 Å². The monoisotopic (exact) mass is 277 g/mol. The van der Waals surface area contributed by atoms with Crippen molar-refractivity contribution in [3.05, 3.63) is 30.1 Å². The Morgan fingerprint density at radius 3 is 2.95 bits per heavy atom. The van der Waals surface area contributed by atoms with Crippen LogP contribution in [0, 0.1) is 5.92 Å². The summed E-state index contributed by atoms with van der Waals surface area (Å²) in [7, 11) is 1.71. The molecule has 1 N–H and O–H groups in total.